The summed E-state index contributed by atoms with van der Waals surface area (Å²) in [5.41, 5.74) is 1.67. The number of carbonyl (C=O) groups excluding carboxylic acids is 1. The fraction of sp³-hybridized carbons (Fsp3) is 0.400. The monoisotopic (exact) mass is 409 g/mol. The van der Waals surface area contributed by atoms with E-state index in [0.29, 0.717) is 37.7 Å². The number of alkyl halides is 3. The van der Waals surface area contributed by atoms with Gasteiger partial charge in [0.25, 0.3) is 0 Å². The van der Waals surface area contributed by atoms with Crippen molar-refractivity contribution in [2.24, 2.45) is 0 Å². The molecule has 0 aliphatic carbocycles. The van der Waals surface area contributed by atoms with E-state index in [-0.39, 0.29) is 5.91 Å². The minimum absolute atomic E-state index is 0.0725. The lowest BCUT2D eigenvalue weighted by atomic mass is 10.1. The predicted octanol–water partition coefficient (Wildman–Crippen LogP) is 4.16. The van der Waals surface area contributed by atoms with Crippen molar-refractivity contribution in [3.63, 3.8) is 0 Å². The highest BCUT2D eigenvalue weighted by Crippen LogP contribution is 2.29. The van der Waals surface area contributed by atoms with Crippen molar-refractivity contribution in [2.75, 3.05) is 36.8 Å². The molecule has 1 aromatic heterocycles. The average Bonchev–Trinajstić information content (AvgIpc) is 2.68. The van der Waals surface area contributed by atoms with Crippen molar-refractivity contribution in [1.29, 1.82) is 0 Å². The fourth-order valence-electron chi connectivity index (χ4n) is 2.97. The normalized spacial score (nSPS) is 15.0. The molecule has 4 nitrogen and oxygen atoms in total. The first-order valence-corrected chi connectivity index (χ1v) is 9.98. The Morgan fingerprint density at radius 2 is 1.79 bits per heavy atom. The molecular formula is C20H22F3N3OS. The van der Waals surface area contributed by atoms with E-state index in [2.05, 4.69) is 31.0 Å². The second-order valence-electron chi connectivity index (χ2n) is 6.81. The van der Waals surface area contributed by atoms with Gasteiger partial charge in [-0.2, -0.15) is 13.2 Å². The van der Waals surface area contributed by atoms with Crippen molar-refractivity contribution >= 4 is 23.5 Å². The number of thioether (sulfide) groups is 1. The van der Waals surface area contributed by atoms with Gasteiger partial charge in [-0.05, 0) is 49.2 Å². The Morgan fingerprint density at radius 3 is 2.36 bits per heavy atom. The van der Waals surface area contributed by atoms with Gasteiger partial charge in [-0.25, -0.2) is 4.98 Å². The van der Waals surface area contributed by atoms with Crippen LogP contribution in [0.15, 0.2) is 41.4 Å². The van der Waals surface area contributed by atoms with Crippen molar-refractivity contribution in [1.82, 2.24) is 9.88 Å². The standard InChI is InChI=1S/C20H22F3N3OS/c1-14-3-5-17(11-15(14)2)28-13-19(27)26-9-7-25(8-10-26)18-6-4-16(12-24-18)20(21,22)23/h3-6,11-12H,7-10,13H2,1-2H3. The van der Waals surface area contributed by atoms with Gasteiger partial charge in [0.1, 0.15) is 5.82 Å². The Labute approximate surface area is 166 Å². The Bertz CT molecular complexity index is 832. The van der Waals surface area contributed by atoms with Gasteiger partial charge in [0.05, 0.1) is 11.3 Å². The molecule has 8 heteroatoms. The van der Waals surface area contributed by atoms with Gasteiger partial charge >= 0.3 is 6.18 Å². The van der Waals surface area contributed by atoms with Crippen LogP contribution in [-0.4, -0.2) is 47.7 Å². The van der Waals surface area contributed by atoms with Crippen LogP contribution in [0.4, 0.5) is 19.0 Å². The number of carbonyl (C=O) groups is 1. The lowest BCUT2D eigenvalue weighted by molar-refractivity contribution is -0.137. The molecule has 0 atom stereocenters. The third-order valence-electron chi connectivity index (χ3n) is 4.87. The first-order valence-electron chi connectivity index (χ1n) is 9.00. The molecule has 1 amide bonds. The maximum Gasteiger partial charge on any atom is 0.417 e. The summed E-state index contributed by atoms with van der Waals surface area (Å²) >= 11 is 1.52. The summed E-state index contributed by atoms with van der Waals surface area (Å²) in [5.74, 6) is 0.953. The highest BCUT2D eigenvalue weighted by atomic mass is 32.2. The SMILES string of the molecule is Cc1ccc(SCC(=O)N2CCN(c3ccc(C(F)(F)F)cn3)CC2)cc1C. The molecule has 150 valence electrons. The molecule has 1 aliphatic heterocycles. The van der Waals surface area contributed by atoms with E-state index in [1.54, 1.807) is 4.90 Å². The van der Waals surface area contributed by atoms with Crippen LogP contribution >= 0.6 is 11.8 Å². The Hall–Kier alpha value is -2.22. The molecule has 0 spiro atoms. The fourth-order valence-corrected chi connectivity index (χ4v) is 3.86. The zero-order chi connectivity index (χ0) is 20.3. The van der Waals surface area contributed by atoms with E-state index >= 15 is 0 Å². The topological polar surface area (TPSA) is 36.4 Å². The van der Waals surface area contributed by atoms with Gasteiger partial charge in [-0.1, -0.05) is 6.07 Å². The number of halogens is 3. The smallest absolute Gasteiger partial charge is 0.353 e. The summed E-state index contributed by atoms with van der Waals surface area (Å²) in [4.78, 5) is 21.2. The molecule has 0 bridgehead atoms. The summed E-state index contributed by atoms with van der Waals surface area (Å²) in [6.07, 6.45) is -3.53. The first-order chi connectivity index (χ1) is 13.2. The van der Waals surface area contributed by atoms with E-state index in [1.807, 2.05) is 11.0 Å². The Morgan fingerprint density at radius 1 is 1.07 bits per heavy atom. The second kappa shape index (κ2) is 8.43. The number of hydrogen-bond donors (Lipinski definition) is 0. The molecule has 2 heterocycles. The van der Waals surface area contributed by atoms with E-state index in [1.165, 1.54) is 29.0 Å². The van der Waals surface area contributed by atoms with Crippen LogP contribution in [0.5, 0.6) is 0 Å². The van der Waals surface area contributed by atoms with Crippen LogP contribution in [0.2, 0.25) is 0 Å². The van der Waals surface area contributed by atoms with Crippen molar-refractivity contribution < 1.29 is 18.0 Å². The number of anilines is 1. The van der Waals surface area contributed by atoms with Crippen molar-refractivity contribution in [3.05, 3.63) is 53.2 Å². The minimum atomic E-state index is -4.38. The molecular weight excluding hydrogens is 387 g/mol. The van der Waals surface area contributed by atoms with E-state index in [9.17, 15) is 18.0 Å². The van der Waals surface area contributed by atoms with Gasteiger partial charge in [0.2, 0.25) is 5.91 Å². The maximum absolute atomic E-state index is 12.6. The highest BCUT2D eigenvalue weighted by Gasteiger charge is 2.31. The Kier molecular flexibility index (Phi) is 6.17. The van der Waals surface area contributed by atoms with Crippen molar-refractivity contribution in [3.8, 4) is 0 Å². The first kappa shape index (κ1) is 20.5. The van der Waals surface area contributed by atoms with Crippen LogP contribution in [0.3, 0.4) is 0 Å². The maximum atomic E-state index is 12.6. The highest BCUT2D eigenvalue weighted by molar-refractivity contribution is 8.00. The molecule has 3 rings (SSSR count). The number of benzene rings is 1. The molecule has 28 heavy (non-hydrogen) atoms. The molecule has 0 saturated carbocycles. The van der Waals surface area contributed by atoms with Gasteiger partial charge in [-0.15, -0.1) is 11.8 Å². The van der Waals surface area contributed by atoms with Crippen LogP contribution in [0, 0.1) is 13.8 Å². The van der Waals surface area contributed by atoms with E-state index in [0.717, 1.165) is 17.2 Å². The molecule has 1 aliphatic rings. The molecule has 0 radical (unpaired) electrons. The molecule has 0 unspecified atom stereocenters. The number of nitrogens with zero attached hydrogens (tertiary/aromatic N) is 3. The third kappa shape index (κ3) is 4.98. The number of amides is 1. The van der Waals surface area contributed by atoms with Gasteiger partial charge in [0, 0.05) is 37.3 Å². The summed E-state index contributed by atoms with van der Waals surface area (Å²) in [5, 5.41) is 0. The number of hydrogen-bond acceptors (Lipinski definition) is 4. The van der Waals surface area contributed by atoms with Crippen molar-refractivity contribution in [2.45, 2.75) is 24.9 Å². The summed E-state index contributed by atoms with van der Waals surface area (Å²) in [6.45, 7) is 6.29. The largest absolute Gasteiger partial charge is 0.417 e. The van der Waals surface area contributed by atoms with E-state index < -0.39 is 11.7 Å². The lowest BCUT2D eigenvalue weighted by Gasteiger charge is -2.35. The predicted molar refractivity (Wildman–Crippen MR) is 105 cm³/mol. The van der Waals surface area contributed by atoms with Crippen LogP contribution < -0.4 is 4.90 Å². The zero-order valence-electron chi connectivity index (χ0n) is 15.8. The van der Waals surface area contributed by atoms with Gasteiger partial charge in [-0.3, -0.25) is 4.79 Å². The van der Waals surface area contributed by atoms with Gasteiger partial charge < -0.3 is 9.80 Å². The number of aromatic nitrogens is 1. The second-order valence-corrected chi connectivity index (χ2v) is 7.85. The number of rotatable bonds is 4. The molecule has 1 fully saturated rings. The quantitative estimate of drug-likeness (QED) is 0.711. The molecule has 2 aromatic rings. The number of aryl methyl sites for hydroxylation is 2. The summed E-state index contributed by atoms with van der Waals surface area (Å²) in [7, 11) is 0. The third-order valence-corrected chi connectivity index (χ3v) is 5.85. The summed E-state index contributed by atoms with van der Waals surface area (Å²) in [6, 6.07) is 8.59. The molecule has 0 N–H and O–H groups in total. The lowest BCUT2D eigenvalue weighted by Crippen LogP contribution is -2.49. The zero-order valence-corrected chi connectivity index (χ0v) is 16.6. The molecule has 1 saturated heterocycles. The van der Waals surface area contributed by atoms with Crippen LogP contribution in [0.25, 0.3) is 0 Å². The minimum Gasteiger partial charge on any atom is -0.353 e. The van der Waals surface area contributed by atoms with E-state index in [4.69, 9.17) is 0 Å². The van der Waals surface area contributed by atoms with Crippen LogP contribution in [0.1, 0.15) is 16.7 Å². The number of piperazine rings is 1. The summed E-state index contributed by atoms with van der Waals surface area (Å²) < 4.78 is 37.9. The average molecular weight is 409 g/mol. The Balaban J connectivity index is 1.50. The number of pyridine rings is 1. The molecule has 1 aromatic carbocycles. The van der Waals surface area contributed by atoms with Gasteiger partial charge in [0.15, 0.2) is 0 Å². The van der Waals surface area contributed by atoms with Crippen LogP contribution in [-0.2, 0) is 11.0 Å².